The van der Waals surface area contributed by atoms with Gasteiger partial charge in [0.25, 0.3) is 5.91 Å². The maximum atomic E-state index is 12.5. The molecular formula is C22H24N2O5S. The van der Waals surface area contributed by atoms with Crippen LogP contribution in [0.3, 0.4) is 0 Å². The lowest BCUT2D eigenvalue weighted by molar-refractivity contribution is -0.117. The van der Waals surface area contributed by atoms with E-state index in [9.17, 15) is 18.5 Å². The number of amides is 1. The molecule has 2 aromatic carbocycles. The van der Waals surface area contributed by atoms with E-state index < -0.39 is 16.0 Å². The lowest BCUT2D eigenvalue weighted by atomic mass is 10.1. The van der Waals surface area contributed by atoms with Crippen LogP contribution in [0, 0.1) is 18.3 Å². The van der Waals surface area contributed by atoms with Gasteiger partial charge in [0, 0.05) is 6.54 Å². The van der Waals surface area contributed by atoms with Crippen LogP contribution < -0.4 is 14.2 Å². The number of nitrogens with zero attached hydrogens (tertiary/aromatic N) is 1. The van der Waals surface area contributed by atoms with Crippen LogP contribution in [0.4, 0.5) is 0 Å². The maximum absolute atomic E-state index is 12.5. The summed E-state index contributed by atoms with van der Waals surface area (Å²) in [6, 6.07) is 12.6. The molecule has 0 aliphatic heterocycles. The van der Waals surface area contributed by atoms with Crippen LogP contribution in [-0.2, 0) is 14.9 Å². The molecule has 1 amide bonds. The van der Waals surface area contributed by atoms with Crippen molar-refractivity contribution < 1.29 is 22.1 Å². The predicted molar refractivity (Wildman–Crippen MR) is 113 cm³/mol. The number of carbonyl (C=O) groups excluding carboxylic acids is 1. The average molecular weight is 429 g/mol. The third-order valence-electron chi connectivity index (χ3n) is 4.19. The van der Waals surface area contributed by atoms with Crippen LogP contribution in [0.2, 0.25) is 0 Å². The van der Waals surface area contributed by atoms with E-state index in [1.165, 1.54) is 37.5 Å². The standard InChI is InChI=1S/C22H24N2O5S/c1-4-5-12-24-22(25)18(15-23)13-17-8-11-20(21(14-17)28-3)29-30(26,27)19-9-6-16(2)7-10-19/h6-11,13-14H,4-5,12H2,1-3H3,(H,24,25)/b18-13+. The number of hydrogen-bond acceptors (Lipinski definition) is 6. The highest BCUT2D eigenvalue weighted by Crippen LogP contribution is 2.31. The van der Waals surface area contributed by atoms with Crippen molar-refractivity contribution in [3.63, 3.8) is 0 Å². The zero-order valence-corrected chi connectivity index (χ0v) is 18.0. The van der Waals surface area contributed by atoms with E-state index in [1.54, 1.807) is 18.2 Å². The van der Waals surface area contributed by atoms with Crippen molar-refractivity contribution in [3.05, 3.63) is 59.2 Å². The number of hydrogen-bond donors (Lipinski definition) is 1. The first kappa shape index (κ1) is 23.0. The second kappa shape index (κ2) is 10.5. The Morgan fingerprint density at radius 2 is 1.87 bits per heavy atom. The molecule has 0 spiro atoms. The highest BCUT2D eigenvalue weighted by atomic mass is 32.2. The molecule has 0 aromatic heterocycles. The van der Waals surface area contributed by atoms with E-state index in [0.717, 1.165) is 18.4 Å². The molecule has 158 valence electrons. The van der Waals surface area contributed by atoms with Gasteiger partial charge in [-0.05, 0) is 49.2 Å². The highest BCUT2D eigenvalue weighted by molar-refractivity contribution is 7.87. The Hall–Kier alpha value is -3.31. The smallest absolute Gasteiger partial charge is 0.339 e. The summed E-state index contributed by atoms with van der Waals surface area (Å²) in [7, 11) is -2.67. The van der Waals surface area contributed by atoms with E-state index >= 15 is 0 Å². The number of rotatable bonds is 9. The van der Waals surface area contributed by atoms with Crippen molar-refractivity contribution in [1.29, 1.82) is 5.26 Å². The van der Waals surface area contributed by atoms with Gasteiger partial charge in [-0.25, -0.2) is 0 Å². The van der Waals surface area contributed by atoms with Gasteiger partial charge in [0.05, 0.1) is 7.11 Å². The number of benzene rings is 2. The molecule has 0 aliphatic carbocycles. The molecular weight excluding hydrogens is 404 g/mol. The summed E-state index contributed by atoms with van der Waals surface area (Å²) in [6.45, 7) is 4.34. The summed E-state index contributed by atoms with van der Waals surface area (Å²) in [4.78, 5) is 12.1. The molecule has 0 atom stereocenters. The van der Waals surface area contributed by atoms with Crippen molar-refractivity contribution in [2.75, 3.05) is 13.7 Å². The van der Waals surface area contributed by atoms with E-state index in [1.807, 2.05) is 19.9 Å². The first-order valence-corrected chi connectivity index (χ1v) is 10.8. The maximum Gasteiger partial charge on any atom is 0.339 e. The topological polar surface area (TPSA) is 105 Å². The molecule has 0 saturated heterocycles. The third kappa shape index (κ3) is 6.09. The summed E-state index contributed by atoms with van der Waals surface area (Å²) < 4.78 is 35.5. The van der Waals surface area contributed by atoms with Gasteiger partial charge in [0.2, 0.25) is 0 Å². The van der Waals surface area contributed by atoms with Crippen molar-refractivity contribution in [2.45, 2.75) is 31.6 Å². The first-order chi connectivity index (χ1) is 14.3. The molecule has 0 bridgehead atoms. The lowest BCUT2D eigenvalue weighted by Crippen LogP contribution is -2.25. The number of aryl methyl sites for hydroxylation is 1. The normalized spacial score (nSPS) is 11.5. The second-order valence-corrected chi connectivity index (χ2v) is 8.09. The lowest BCUT2D eigenvalue weighted by Gasteiger charge is -2.12. The van der Waals surface area contributed by atoms with E-state index in [2.05, 4.69) is 5.32 Å². The van der Waals surface area contributed by atoms with E-state index in [0.29, 0.717) is 12.1 Å². The van der Waals surface area contributed by atoms with Crippen molar-refractivity contribution in [3.8, 4) is 17.6 Å². The van der Waals surface area contributed by atoms with Crippen LogP contribution in [-0.4, -0.2) is 28.0 Å². The minimum Gasteiger partial charge on any atom is -0.493 e. The molecule has 30 heavy (non-hydrogen) atoms. The van der Waals surface area contributed by atoms with E-state index in [4.69, 9.17) is 8.92 Å². The summed E-state index contributed by atoms with van der Waals surface area (Å²) in [6.07, 6.45) is 3.15. The fourth-order valence-corrected chi connectivity index (χ4v) is 3.44. The number of nitriles is 1. The van der Waals surface area contributed by atoms with Crippen LogP contribution in [0.5, 0.6) is 11.5 Å². The van der Waals surface area contributed by atoms with Crippen molar-refractivity contribution in [1.82, 2.24) is 5.32 Å². The Morgan fingerprint density at radius 3 is 2.47 bits per heavy atom. The number of nitrogens with one attached hydrogen (secondary N) is 1. The quantitative estimate of drug-likeness (QED) is 0.283. The molecule has 0 heterocycles. The average Bonchev–Trinajstić information content (AvgIpc) is 2.73. The second-order valence-electron chi connectivity index (χ2n) is 6.54. The first-order valence-electron chi connectivity index (χ1n) is 9.40. The minimum absolute atomic E-state index is 0.00105. The molecule has 0 unspecified atom stereocenters. The van der Waals surface area contributed by atoms with Gasteiger partial charge in [-0.2, -0.15) is 13.7 Å². The summed E-state index contributed by atoms with van der Waals surface area (Å²) in [5.74, 6) is -0.309. The largest absolute Gasteiger partial charge is 0.493 e. The highest BCUT2D eigenvalue weighted by Gasteiger charge is 2.19. The summed E-state index contributed by atoms with van der Waals surface area (Å²) >= 11 is 0. The van der Waals surface area contributed by atoms with Gasteiger partial charge >= 0.3 is 10.1 Å². The van der Waals surface area contributed by atoms with Crippen LogP contribution in [0.25, 0.3) is 6.08 Å². The fraction of sp³-hybridized carbons (Fsp3) is 0.273. The molecule has 0 radical (unpaired) electrons. The van der Waals surface area contributed by atoms with Gasteiger partial charge in [-0.1, -0.05) is 37.1 Å². The molecule has 0 fully saturated rings. The monoisotopic (exact) mass is 428 g/mol. The number of carbonyl (C=O) groups is 1. The molecule has 1 N–H and O–H groups in total. The van der Waals surface area contributed by atoms with Crippen molar-refractivity contribution in [2.24, 2.45) is 0 Å². The summed E-state index contributed by atoms with van der Waals surface area (Å²) in [5, 5.41) is 12.0. The Bertz CT molecular complexity index is 1070. The van der Waals surface area contributed by atoms with Crippen LogP contribution in [0.15, 0.2) is 52.9 Å². The van der Waals surface area contributed by atoms with Gasteiger partial charge in [0.15, 0.2) is 11.5 Å². The molecule has 2 aromatic rings. The Morgan fingerprint density at radius 1 is 1.17 bits per heavy atom. The summed E-state index contributed by atoms with van der Waals surface area (Å²) in [5.41, 5.74) is 1.36. The van der Waals surface area contributed by atoms with Crippen LogP contribution in [0.1, 0.15) is 30.9 Å². The fourth-order valence-electron chi connectivity index (χ4n) is 2.50. The number of methoxy groups -OCH3 is 1. The van der Waals surface area contributed by atoms with Crippen LogP contribution >= 0.6 is 0 Å². The zero-order valence-electron chi connectivity index (χ0n) is 17.1. The Kier molecular flexibility index (Phi) is 8.01. The number of ether oxygens (including phenoxy) is 1. The molecule has 0 saturated carbocycles. The van der Waals surface area contributed by atoms with Gasteiger partial charge in [-0.15, -0.1) is 0 Å². The molecule has 2 rings (SSSR count). The van der Waals surface area contributed by atoms with E-state index in [-0.39, 0.29) is 22.0 Å². The van der Waals surface area contributed by atoms with Gasteiger partial charge in [-0.3, -0.25) is 4.79 Å². The molecule has 7 nitrogen and oxygen atoms in total. The SMILES string of the molecule is CCCCNC(=O)/C(C#N)=C/c1ccc(OS(=O)(=O)c2ccc(C)cc2)c(OC)c1. The third-order valence-corrected chi connectivity index (χ3v) is 5.44. The van der Waals surface area contributed by atoms with Gasteiger partial charge < -0.3 is 14.2 Å². The molecule has 8 heteroatoms. The number of unbranched alkanes of at least 4 members (excludes halogenated alkanes) is 1. The minimum atomic E-state index is -4.04. The van der Waals surface area contributed by atoms with Crippen molar-refractivity contribution >= 4 is 22.1 Å². The Balaban J connectivity index is 2.26. The Labute approximate surface area is 177 Å². The zero-order chi connectivity index (χ0) is 22.1. The molecule has 0 aliphatic rings. The predicted octanol–water partition coefficient (Wildman–Crippen LogP) is 3.59. The van der Waals surface area contributed by atoms with Gasteiger partial charge in [0.1, 0.15) is 16.5 Å².